The normalized spacial score (nSPS) is 19.8. The third-order valence-electron chi connectivity index (χ3n) is 3.02. The summed E-state index contributed by atoms with van der Waals surface area (Å²) >= 11 is 0. The van der Waals surface area contributed by atoms with Gasteiger partial charge in [-0.2, -0.15) is 0 Å². The minimum atomic E-state index is -0.148. The van der Waals surface area contributed by atoms with Crippen LogP contribution in [0.4, 0.5) is 0 Å². The Morgan fingerprint density at radius 1 is 1.56 bits per heavy atom. The van der Waals surface area contributed by atoms with Crippen LogP contribution in [-0.4, -0.2) is 18.6 Å². The standard InChI is InChI=1S/C13H17NO2/c1-3-9(2)14-13(15)11-8-16-12-7-5-4-6-10(11)12/h4-7,9,11H,3,8H2,1-2H3,(H,14,15). The molecule has 0 aliphatic carbocycles. The molecule has 0 fully saturated rings. The van der Waals surface area contributed by atoms with Crippen LogP contribution in [0.25, 0.3) is 0 Å². The molecule has 86 valence electrons. The number of rotatable bonds is 3. The molecular formula is C13H17NO2. The zero-order valence-electron chi connectivity index (χ0n) is 9.69. The van der Waals surface area contributed by atoms with Crippen molar-refractivity contribution in [3.63, 3.8) is 0 Å². The molecule has 0 saturated heterocycles. The van der Waals surface area contributed by atoms with E-state index in [1.165, 1.54) is 0 Å². The number of hydrogen-bond acceptors (Lipinski definition) is 2. The molecule has 0 aromatic heterocycles. The van der Waals surface area contributed by atoms with Gasteiger partial charge < -0.3 is 10.1 Å². The zero-order valence-corrected chi connectivity index (χ0v) is 9.69. The van der Waals surface area contributed by atoms with E-state index in [1.807, 2.05) is 31.2 Å². The predicted molar refractivity (Wildman–Crippen MR) is 62.6 cm³/mol. The first-order valence-electron chi connectivity index (χ1n) is 5.74. The van der Waals surface area contributed by atoms with Crippen molar-refractivity contribution in [3.8, 4) is 5.75 Å². The van der Waals surface area contributed by atoms with Crippen LogP contribution in [0, 0.1) is 0 Å². The van der Waals surface area contributed by atoms with E-state index in [1.54, 1.807) is 0 Å². The van der Waals surface area contributed by atoms with Crippen LogP contribution >= 0.6 is 0 Å². The van der Waals surface area contributed by atoms with Gasteiger partial charge in [-0.3, -0.25) is 4.79 Å². The molecule has 0 spiro atoms. The van der Waals surface area contributed by atoms with Crippen molar-refractivity contribution in [2.75, 3.05) is 6.61 Å². The molecule has 1 heterocycles. The summed E-state index contributed by atoms with van der Waals surface area (Å²) in [5.41, 5.74) is 1.00. The third-order valence-corrected chi connectivity index (χ3v) is 3.02. The molecule has 2 unspecified atom stereocenters. The highest BCUT2D eigenvalue weighted by Crippen LogP contribution is 2.33. The van der Waals surface area contributed by atoms with Gasteiger partial charge in [0, 0.05) is 11.6 Å². The van der Waals surface area contributed by atoms with Crippen LogP contribution < -0.4 is 10.1 Å². The lowest BCUT2D eigenvalue weighted by Crippen LogP contribution is -2.36. The molecule has 0 bridgehead atoms. The van der Waals surface area contributed by atoms with Crippen LogP contribution in [0.1, 0.15) is 31.7 Å². The van der Waals surface area contributed by atoms with Gasteiger partial charge in [-0.25, -0.2) is 0 Å². The van der Waals surface area contributed by atoms with Crippen LogP contribution in [0.2, 0.25) is 0 Å². The summed E-state index contributed by atoms with van der Waals surface area (Å²) in [6.45, 7) is 4.53. The average Bonchev–Trinajstić information content (AvgIpc) is 2.72. The number of benzene rings is 1. The summed E-state index contributed by atoms with van der Waals surface area (Å²) in [6.07, 6.45) is 0.945. The Hall–Kier alpha value is -1.51. The van der Waals surface area contributed by atoms with E-state index in [4.69, 9.17) is 4.74 Å². The van der Waals surface area contributed by atoms with Gasteiger partial charge in [0.2, 0.25) is 5.91 Å². The maximum Gasteiger partial charge on any atom is 0.231 e. The number of para-hydroxylation sites is 1. The maximum atomic E-state index is 12.0. The fourth-order valence-corrected chi connectivity index (χ4v) is 1.83. The van der Waals surface area contributed by atoms with E-state index in [0.717, 1.165) is 17.7 Å². The highest BCUT2D eigenvalue weighted by molar-refractivity contribution is 5.85. The number of nitrogens with one attached hydrogen (secondary N) is 1. The largest absolute Gasteiger partial charge is 0.492 e. The summed E-state index contributed by atoms with van der Waals surface area (Å²) in [6, 6.07) is 7.96. The molecule has 0 radical (unpaired) electrons. The number of carbonyl (C=O) groups is 1. The SMILES string of the molecule is CCC(C)NC(=O)C1COc2ccccc21. The van der Waals surface area contributed by atoms with Crippen LogP contribution in [0.5, 0.6) is 5.75 Å². The van der Waals surface area contributed by atoms with E-state index < -0.39 is 0 Å². The number of carbonyl (C=O) groups excluding carboxylic acids is 1. The topological polar surface area (TPSA) is 38.3 Å². The minimum absolute atomic E-state index is 0.0688. The fourth-order valence-electron chi connectivity index (χ4n) is 1.83. The molecule has 2 rings (SSSR count). The van der Waals surface area contributed by atoms with Gasteiger partial charge >= 0.3 is 0 Å². The monoisotopic (exact) mass is 219 g/mol. The van der Waals surface area contributed by atoms with E-state index in [-0.39, 0.29) is 17.9 Å². The Balaban J connectivity index is 2.10. The van der Waals surface area contributed by atoms with E-state index in [2.05, 4.69) is 12.2 Å². The summed E-state index contributed by atoms with van der Waals surface area (Å²) in [5.74, 6) is 0.760. The van der Waals surface area contributed by atoms with Gasteiger partial charge in [0.25, 0.3) is 0 Å². The Kier molecular flexibility index (Phi) is 3.13. The molecule has 3 nitrogen and oxygen atoms in total. The summed E-state index contributed by atoms with van der Waals surface area (Å²) < 4.78 is 5.49. The fraction of sp³-hybridized carbons (Fsp3) is 0.462. The highest BCUT2D eigenvalue weighted by Gasteiger charge is 2.30. The predicted octanol–water partition coefficient (Wildman–Crippen LogP) is 2.08. The van der Waals surface area contributed by atoms with E-state index in [9.17, 15) is 4.79 Å². The number of ether oxygens (including phenoxy) is 1. The number of amides is 1. The van der Waals surface area contributed by atoms with Gasteiger partial charge in [-0.15, -0.1) is 0 Å². The number of fused-ring (bicyclic) bond motifs is 1. The molecule has 1 aliphatic rings. The first-order chi connectivity index (χ1) is 7.72. The average molecular weight is 219 g/mol. The Morgan fingerprint density at radius 2 is 2.31 bits per heavy atom. The number of hydrogen-bond donors (Lipinski definition) is 1. The van der Waals surface area contributed by atoms with Crippen molar-refractivity contribution in [2.45, 2.75) is 32.2 Å². The highest BCUT2D eigenvalue weighted by atomic mass is 16.5. The van der Waals surface area contributed by atoms with Gasteiger partial charge in [0.1, 0.15) is 18.3 Å². The van der Waals surface area contributed by atoms with Crippen molar-refractivity contribution in [2.24, 2.45) is 0 Å². The molecule has 1 aliphatic heterocycles. The van der Waals surface area contributed by atoms with Crippen LogP contribution in [-0.2, 0) is 4.79 Å². The van der Waals surface area contributed by atoms with Crippen molar-refractivity contribution in [1.29, 1.82) is 0 Å². The quantitative estimate of drug-likeness (QED) is 0.845. The second-order valence-corrected chi connectivity index (χ2v) is 4.22. The second kappa shape index (κ2) is 4.56. The van der Waals surface area contributed by atoms with Gasteiger partial charge in [-0.1, -0.05) is 25.1 Å². The van der Waals surface area contributed by atoms with Crippen molar-refractivity contribution in [1.82, 2.24) is 5.32 Å². The lowest BCUT2D eigenvalue weighted by molar-refractivity contribution is -0.123. The van der Waals surface area contributed by atoms with Gasteiger partial charge in [0.05, 0.1) is 0 Å². The zero-order chi connectivity index (χ0) is 11.5. The van der Waals surface area contributed by atoms with E-state index in [0.29, 0.717) is 6.61 Å². The second-order valence-electron chi connectivity index (χ2n) is 4.22. The lowest BCUT2D eigenvalue weighted by Gasteiger charge is -2.14. The molecule has 3 heteroatoms. The van der Waals surface area contributed by atoms with Crippen LogP contribution in [0.15, 0.2) is 24.3 Å². The summed E-state index contributed by atoms with van der Waals surface area (Å²) in [5, 5.41) is 2.99. The molecule has 2 atom stereocenters. The molecule has 16 heavy (non-hydrogen) atoms. The molecule has 1 N–H and O–H groups in total. The van der Waals surface area contributed by atoms with Gasteiger partial charge in [0.15, 0.2) is 0 Å². The third kappa shape index (κ3) is 2.03. The molecule has 1 aromatic rings. The summed E-state index contributed by atoms with van der Waals surface area (Å²) in [4.78, 5) is 12.0. The van der Waals surface area contributed by atoms with Crippen molar-refractivity contribution in [3.05, 3.63) is 29.8 Å². The maximum absolute atomic E-state index is 12.0. The first kappa shape index (κ1) is 11.0. The van der Waals surface area contributed by atoms with Crippen LogP contribution in [0.3, 0.4) is 0 Å². The first-order valence-corrected chi connectivity index (χ1v) is 5.74. The minimum Gasteiger partial charge on any atom is -0.492 e. The van der Waals surface area contributed by atoms with E-state index >= 15 is 0 Å². The van der Waals surface area contributed by atoms with Crippen molar-refractivity contribution >= 4 is 5.91 Å². The van der Waals surface area contributed by atoms with Crippen molar-refractivity contribution < 1.29 is 9.53 Å². The molecule has 0 saturated carbocycles. The summed E-state index contributed by atoms with van der Waals surface area (Å²) in [7, 11) is 0. The molecule has 1 aromatic carbocycles. The van der Waals surface area contributed by atoms with Gasteiger partial charge in [-0.05, 0) is 19.4 Å². The molecular weight excluding hydrogens is 202 g/mol. The Bertz CT molecular complexity index is 389. The smallest absolute Gasteiger partial charge is 0.231 e. The molecule has 1 amide bonds. The Morgan fingerprint density at radius 3 is 3.06 bits per heavy atom. The Labute approximate surface area is 95.8 Å². The lowest BCUT2D eigenvalue weighted by atomic mass is 10.00.